The summed E-state index contributed by atoms with van der Waals surface area (Å²) in [5, 5.41) is 2.85. The quantitative estimate of drug-likeness (QED) is 0.420. The van der Waals surface area contributed by atoms with Gasteiger partial charge in [-0.25, -0.2) is 13.4 Å². The van der Waals surface area contributed by atoms with Crippen molar-refractivity contribution in [3.8, 4) is 11.5 Å². The minimum Gasteiger partial charge on any atom is -0.497 e. The molecule has 0 aliphatic heterocycles. The minimum absolute atomic E-state index is 0.0696. The molecule has 35 heavy (non-hydrogen) atoms. The third kappa shape index (κ3) is 4.73. The van der Waals surface area contributed by atoms with Gasteiger partial charge in [0.05, 0.1) is 30.2 Å². The summed E-state index contributed by atoms with van der Waals surface area (Å²) < 4.78 is 38.5. The van der Waals surface area contributed by atoms with Crippen LogP contribution < -0.4 is 20.2 Å². The van der Waals surface area contributed by atoms with E-state index < -0.39 is 26.1 Å². The number of amides is 1. The van der Waals surface area contributed by atoms with Crippen LogP contribution in [0.3, 0.4) is 0 Å². The SMILES string of the molecule is COc1ccc(S(=O)(=O)c2cn(CC(=O)Nc3ccccc3OC)c3nc(C)ccc3c2=O)cc1. The summed E-state index contributed by atoms with van der Waals surface area (Å²) >= 11 is 0. The molecular formula is C25H23N3O6S. The van der Waals surface area contributed by atoms with Gasteiger partial charge in [0.25, 0.3) is 0 Å². The van der Waals surface area contributed by atoms with Gasteiger partial charge in [0.1, 0.15) is 28.6 Å². The summed E-state index contributed by atoms with van der Waals surface area (Å²) in [5.74, 6) is 0.505. The maximum absolute atomic E-state index is 13.4. The molecule has 1 amide bonds. The van der Waals surface area contributed by atoms with Crippen LogP contribution in [0, 0.1) is 6.92 Å². The zero-order chi connectivity index (χ0) is 25.2. The fourth-order valence-electron chi connectivity index (χ4n) is 3.62. The molecule has 4 rings (SSSR count). The van der Waals surface area contributed by atoms with E-state index in [1.54, 1.807) is 37.3 Å². The third-order valence-corrected chi connectivity index (χ3v) is 7.14. The molecule has 9 nitrogen and oxygen atoms in total. The number of hydrogen-bond acceptors (Lipinski definition) is 7. The number of pyridine rings is 2. The van der Waals surface area contributed by atoms with E-state index in [2.05, 4.69) is 10.3 Å². The van der Waals surface area contributed by atoms with Gasteiger partial charge in [-0.1, -0.05) is 12.1 Å². The standard InChI is InChI=1S/C25H23N3O6S/c1-16-8-13-19-24(30)22(35(31,32)18-11-9-17(33-2)10-12-18)14-28(25(19)26-16)15-23(29)27-20-6-4-5-7-21(20)34-3/h4-14H,15H2,1-3H3,(H,27,29). The van der Waals surface area contributed by atoms with E-state index >= 15 is 0 Å². The normalized spacial score (nSPS) is 11.3. The number of carbonyl (C=O) groups excluding carboxylic acids is 1. The molecule has 2 aromatic carbocycles. The first-order valence-electron chi connectivity index (χ1n) is 10.6. The summed E-state index contributed by atoms with van der Waals surface area (Å²) in [5.41, 5.74) is 0.589. The molecule has 4 aromatic rings. The van der Waals surface area contributed by atoms with Crippen LogP contribution in [0.1, 0.15) is 5.69 Å². The van der Waals surface area contributed by atoms with Gasteiger partial charge in [-0.05, 0) is 55.5 Å². The van der Waals surface area contributed by atoms with E-state index in [0.717, 1.165) is 0 Å². The average molecular weight is 494 g/mol. The van der Waals surface area contributed by atoms with Gasteiger partial charge in [-0.2, -0.15) is 0 Å². The maximum atomic E-state index is 13.4. The molecule has 1 N–H and O–H groups in total. The highest BCUT2D eigenvalue weighted by Crippen LogP contribution is 2.25. The minimum atomic E-state index is -4.19. The van der Waals surface area contributed by atoms with Crippen molar-refractivity contribution < 1.29 is 22.7 Å². The number of fused-ring (bicyclic) bond motifs is 1. The largest absolute Gasteiger partial charge is 0.497 e. The zero-order valence-corrected chi connectivity index (χ0v) is 20.1. The van der Waals surface area contributed by atoms with Crippen LogP contribution in [-0.4, -0.2) is 38.1 Å². The van der Waals surface area contributed by atoms with Gasteiger partial charge >= 0.3 is 0 Å². The topological polar surface area (TPSA) is 117 Å². The number of anilines is 1. The lowest BCUT2D eigenvalue weighted by atomic mass is 10.2. The first kappa shape index (κ1) is 24.0. The second-order valence-corrected chi connectivity index (χ2v) is 9.62. The number of benzene rings is 2. The van der Waals surface area contributed by atoms with Crippen molar-refractivity contribution in [2.24, 2.45) is 0 Å². The van der Waals surface area contributed by atoms with E-state index in [4.69, 9.17) is 9.47 Å². The Labute approximate surface area is 201 Å². The second kappa shape index (κ2) is 9.59. The van der Waals surface area contributed by atoms with Crippen LogP contribution in [0.4, 0.5) is 5.69 Å². The Balaban J connectivity index is 1.81. The van der Waals surface area contributed by atoms with Crippen LogP contribution in [0.5, 0.6) is 11.5 Å². The number of aromatic nitrogens is 2. The molecule has 0 fully saturated rings. The van der Waals surface area contributed by atoms with Gasteiger partial charge < -0.3 is 19.4 Å². The van der Waals surface area contributed by atoms with Crippen molar-refractivity contribution in [1.29, 1.82) is 0 Å². The lowest BCUT2D eigenvalue weighted by molar-refractivity contribution is -0.116. The molecule has 0 bridgehead atoms. The Hall–Kier alpha value is -4.18. The van der Waals surface area contributed by atoms with Crippen LogP contribution in [0.25, 0.3) is 11.0 Å². The van der Waals surface area contributed by atoms with E-state index in [-0.39, 0.29) is 22.5 Å². The summed E-state index contributed by atoms with van der Waals surface area (Å²) in [7, 11) is -1.23. The van der Waals surface area contributed by atoms with E-state index in [1.165, 1.54) is 55.3 Å². The van der Waals surface area contributed by atoms with Gasteiger partial charge in [0.2, 0.25) is 21.2 Å². The molecule has 0 aliphatic carbocycles. The number of rotatable bonds is 7. The van der Waals surface area contributed by atoms with Crippen molar-refractivity contribution in [3.63, 3.8) is 0 Å². The first-order chi connectivity index (χ1) is 16.7. The van der Waals surface area contributed by atoms with Crippen molar-refractivity contribution in [2.75, 3.05) is 19.5 Å². The Morgan fingerprint density at radius 2 is 1.71 bits per heavy atom. The number of aryl methyl sites for hydroxylation is 1. The molecule has 0 atom stereocenters. The van der Waals surface area contributed by atoms with Gasteiger partial charge in [-0.3, -0.25) is 9.59 Å². The van der Waals surface area contributed by atoms with Crippen molar-refractivity contribution in [1.82, 2.24) is 9.55 Å². The maximum Gasteiger partial charge on any atom is 0.244 e. The van der Waals surface area contributed by atoms with Crippen LogP contribution in [0.15, 0.2) is 81.4 Å². The summed E-state index contributed by atoms with van der Waals surface area (Å²) in [6, 6.07) is 15.8. The van der Waals surface area contributed by atoms with Gasteiger partial charge in [-0.15, -0.1) is 0 Å². The summed E-state index contributed by atoms with van der Waals surface area (Å²) in [6.07, 6.45) is 1.17. The molecule has 0 unspecified atom stereocenters. The van der Waals surface area contributed by atoms with E-state index in [0.29, 0.717) is 22.9 Å². The second-order valence-electron chi connectivity index (χ2n) is 7.70. The van der Waals surface area contributed by atoms with Crippen LogP contribution in [-0.2, 0) is 21.2 Å². The fraction of sp³-hybridized carbons (Fsp3) is 0.160. The van der Waals surface area contributed by atoms with Crippen molar-refractivity contribution >= 4 is 32.5 Å². The van der Waals surface area contributed by atoms with Crippen molar-refractivity contribution in [3.05, 3.63) is 82.8 Å². The van der Waals surface area contributed by atoms with Crippen LogP contribution in [0.2, 0.25) is 0 Å². The summed E-state index contributed by atoms with van der Waals surface area (Å²) in [6.45, 7) is 1.46. The number of sulfone groups is 1. The Morgan fingerprint density at radius 3 is 2.40 bits per heavy atom. The number of nitrogens with zero attached hydrogens (tertiary/aromatic N) is 2. The zero-order valence-electron chi connectivity index (χ0n) is 19.3. The number of para-hydroxylation sites is 2. The molecule has 0 aliphatic rings. The third-order valence-electron chi connectivity index (χ3n) is 5.38. The highest BCUT2D eigenvalue weighted by Gasteiger charge is 2.25. The van der Waals surface area contributed by atoms with E-state index in [1.807, 2.05) is 0 Å². The molecular weight excluding hydrogens is 470 g/mol. The van der Waals surface area contributed by atoms with Crippen molar-refractivity contribution in [2.45, 2.75) is 23.3 Å². The Kier molecular flexibility index (Phi) is 6.57. The molecule has 180 valence electrons. The van der Waals surface area contributed by atoms with Gasteiger partial charge in [0.15, 0.2) is 0 Å². The van der Waals surface area contributed by atoms with Gasteiger partial charge in [0, 0.05) is 11.9 Å². The molecule has 10 heteroatoms. The van der Waals surface area contributed by atoms with Crippen LogP contribution >= 0.6 is 0 Å². The predicted octanol–water partition coefficient (Wildman–Crippen LogP) is 3.19. The smallest absolute Gasteiger partial charge is 0.244 e. The number of ether oxygens (including phenoxy) is 2. The molecule has 0 saturated heterocycles. The Morgan fingerprint density at radius 1 is 1.00 bits per heavy atom. The lowest BCUT2D eigenvalue weighted by Crippen LogP contribution is -2.24. The summed E-state index contributed by atoms with van der Waals surface area (Å²) in [4.78, 5) is 30.0. The molecule has 2 aromatic heterocycles. The Bertz CT molecular complexity index is 1580. The predicted molar refractivity (Wildman–Crippen MR) is 131 cm³/mol. The first-order valence-corrected chi connectivity index (χ1v) is 12.1. The monoisotopic (exact) mass is 493 g/mol. The highest BCUT2D eigenvalue weighted by molar-refractivity contribution is 7.91. The van der Waals surface area contributed by atoms with E-state index in [9.17, 15) is 18.0 Å². The average Bonchev–Trinajstić information content (AvgIpc) is 2.85. The molecule has 2 heterocycles. The number of nitrogens with one attached hydrogen (secondary N) is 1. The fourth-order valence-corrected chi connectivity index (χ4v) is 4.99. The number of hydrogen-bond donors (Lipinski definition) is 1. The lowest BCUT2D eigenvalue weighted by Gasteiger charge is -2.15. The molecule has 0 radical (unpaired) electrons. The highest BCUT2D eigenvalue weighted by atomic mass is 32.2. The number of methoxy groups -OCH3 is 2. The molecule has 0 spiro atoms. The molecule has 0 saturated carbocycles. The number of carbonyl (C=O) groups is 1.